The van der Waals surface area contributed by atoms with Gasteiger partial charge in [0.1, 0.15) is 16.5 Å². The Bertz CT molecular complexity index is 649. The van der Waals surface area contributed by atoms with Gasteiger partial charge in [0, 0.05) is 24.5 Å². The van der Waals surface area contributed by atoms with Gasteiger partial charge in [0.25, 0.3) is 0 Å². The molecule has 0 saturated carbocycles. The third-order valence-corrected chi connectivity index (χ3v) is 5.29. The number of nitrogens with one attached hydrogen (secondary N) is 1. The first kappa shape index (κ1) is 15.6. The molecule has 5 nitrogen and oxygen atoms in total. The van der Waals surface area contributed by atoms with E-state index >= 15 is 0 Å². The molecule has 2 aromatic rings. The van der Waals surface area contributed by atoms with Crippen LogP contribution >= 0.6 is 11.3 Å². The second kappa shape index (κ2) is 6.89. The molecule has 0 aromatic carbocycles. The van der Waals surface area contributed by atoms with Crippen LogP contribution in [0.4, 0.5) is 5.82 Å². The molecule has 0 bridgehead atoms. The van der Waals surface area contributed by atoms with E-state index in [0.717, 1.165) is 62.3 Å². The second-order valence-corrected chi connectivity index (χ2v) is 7.02. The number of morpholine rings is 1. The predicted molar refractivity (Wildman–Crippen MR) is 92.0 cm³/mol. The number of hydrogen-bond acceptors (Lipinski definition) is 6. The van der Waals surface area contributed by atoms with Crippen molar-refractivity contribution in [2.75, 3.05) is 44.7 Å². The Hall–Kier alpha value is -1.24. The van der Waals surface area contributed by atoms with Crippen molar-refractivity contribution in [2.24, 2.45) is 0 Å². The molecule has 1 N–H and O–H groups in total. The molecule has 6 heteroatoms. The van der Waals surface area contributed by atoms with E-state index in [4.69, 9.17) is 4.74 Å². The largest absolute Gasteiger partial charge is 0.379 e. The molecule has 120 valence electrons. The first-order valence-electron chi connectivity index (χ1n) is 7.93. The molecule has 1 aliphatic rings. The molecule has 0 radical (unpaired) electrons. The second-order valence-electron chi connectivity index (χ2n) is 5.82. The van der Waals surface area contributed by atoms with E-state index in [9.17, 15) is 0 Å². The SMILES string of the molecule is Cc1nc(NCCCN2CCOCC2)c2c(C)c(C)sc2n1. The number of fused-ring (bicyclic) bond motifs is 1. The maximum atomic E-state index is 5.38. The number of aromatic nitrogens is 2. The van der Waals surface area contributed by atoms with Crippen LogP contribution in [0.2, 0.25) is 0 Å². The van der Waals surface area contributed by atoms with Crippen LogP contribution in [-0.2, 0) is 4.74 Å². The number of anilines is 1. The molecule has 0 amide bonds. The van der Waals surface area contributed by atoms with Gasteiger partial charge in [-0.05, 0) is 39.3 Å². The molecule has 22 heavy (non-hydrogen) atoms. The summed E-state index contributed by atoms with van der Waals surface area (Å²) in [7, 11) is 0. The highest BCUT2D eigenvalue weighted by atomic mass is 32.1. The number of nitrogens with zero attached hydrogens (tertiary/aromatic N) is 3. The van der Waals surface area contributed by atoms with E-state index < -0.39 is 0 Å². The quantitative estimate of drug-likeness (QED) is 0.859. The number of hydrogen-bond donors (Lipinski definition) is 1. The first-order chi connectivity index (χ1) is 10.6. The van der Waals surface area contributed by atoms with Gasteiger partial charge in [0.05, 0.1) is 18.6 Å². The zero-order chi connectivity index (χ0) is 15.5. The summed E-state index contributed by atoms with van der Waals surface area (Å²) >= 11 is 1.76. The Morgan fingerprint density at radius 1 is 1.18 bits per heavy atom. The summed E-state index contributed by atoms with van der Waals surface area (Å²) in [6.45, 7) is 12.2. The third-order valence-electron chi connectivity index (χ3n) is 4.19. The molecule has 3 rings (SSSR count). The third kappa shape index (κ3) is 3.39. The van der Waals surface area contributed by atoms with Crippen LogP contribution < -0.4 is 5.32 Å². The first-order valence-corrected chi connectivity index (χ1v) is 8.75. The van der Waals surface area contributed by atoms with Crippen molar-refractivity contribution < 1.29 is 4.74 Å². The minimum absolute atomic E-state index is 0.837. The van der Waals surface area contributed by atoms with Gasteiger partial charge >= 0.3 is 0 Å². The Morgan fingerprint density at radius 3 is 2.73 bits per heavy atom. The summed E-state index contributed by atoms with van der Waals surface area (Å²) in [6.07, 6.45) is 1.12. The van der Waals surface area contributed by atoms with E-state index in [2.05, 4.69) is 34.0 Å². The van der Waals surface area contributed by atoms with Crippen molar-refractivity contribution in [1.82, 2.24) is 14.9 Å². The smallest absolute Gasteiger partial charge is 0.138 e. The molecule has 0 aliphatic carbocycles. The Balaban J connectivity index is 1.63. The Kier molecular flexibility index (Phi) is 4.90. The van der Waals surface area contributed by atoms with Crippen molar-refractivity contribution in [1.29, 1.82) is 0 Å². The molecular weight excluding hydrogens is 296 g/mol. The Labute approximate surface area is 135 Å². The molecule has 2 aromatic heterocycles. The standard InChI is InChI=1S/C16H24N4OS/c1-11-12(2)22-16-14(11)15(18-13(3)19-16)17-5-4-6-20-7-9-21-10-8-20/h4-10H2,1-3H3,(H,17,18,19). The number of ether oxygens (including phenoxy) is 1. The minimum Gasteiger partial charge on any atom is -0.379 e. The fraction of sp³-hybridized carbons (Fsp3) is 0.625. The molecule has 0 atom stereocenters. The molecular formula is C16H24N4OS. The van der Waals surface area contributed by atoms with Crippen LogP contribution in [0.25, 0.3) is 10.2 Å². The van der Waals surface area contributed by atoms with Gasteiger partial charge in [-0.25, -0.2) is 9.97 Å². The average molecular weight is 320 g/mol. The fourth-order valence-corrected chi connectivity index (χ4v) is 3.89. The summed E-state index contributed by atoms with van der Waals surface area (Å²) < 4.78 is 5.38. The van der Waals surface area contributed by atoms with Crippen LogP contribution in [0.5, 0.6) is 0 Å². The lowest BCUT2D eigenvalue weighted by atomic mass is 10.2. The normalized spacial score (nSPS) is 16.3. The highest BCUT2D eigenvalue weighted by molar-refractivity contribution is 7.18. The zero-order valence-electron chi connectivity index (χ0n) is 13.6. The maximum absolute atomic E-state index is 5.38. The van der Waals surface area contributed by atoms with Gasteiger partial charge in [-0.3, -0.25) is 4.90 Å². The number of aryl methyl sites for hydroxylation is 3. The fourth-order valence-electron chi connectivity index (χ4n) is 2.82. The summed E-state index contributed by atoms with van der Waals surface area (Å²) in [5, 5.41) is 4.71. The summed E-state index contributed by atoms with van der Waals surface area (Å²) in [5.41, 5.74) is 1.30. The molecule has 3 heterocycles. The summed E-state index contributed by atoms with van der Waals surface area (Å²) in [4.78, 5) is 14.1. The van der Waals surface area contributed by atoms with Gasteiger partial charge in [-0.1, -0.05) is 0 Å². The number of rotatable bonds is 5. The lowest BCUT2D eigenvalue weighted by molar-refractivity contribution is 0.0378. The highest BCUT2D eigenvalue weighted by Gasteiger charge is 2.13. The van der Waals surface area contributed by atoms with Crippen molar-refractivity contribution in [3.05, 3.63) is 16.3 Å². The minimum atomic E-state index is 0.837. The summed E-state index contributed by atoms with van der Waals surface area (Å²) in [6, 6.07) is 0. The van der Waals surface area contributed by atoms with E-state index in [-0.39, 0.29) is 0 Å². The van der Waals surface area contributed by atoms with Crippen molar-refractivity contribution in [2.45, 2.75) is 27.2 Å². The van der Waals surface area contributed by atoms with Crippen LogP contribution in [0.1, 0.15) is 22.7 Å². The molecule has 0 unspecified atom stereocenters. The van der Waals surface area contributed by atoms with Gasteiger partial charge in [0.2, 0.25) is 0 Å². The summed E-state index contributed by atoms with van der Waals surface area (Å²) in [5.74, 6) is 1.83. The topological polar surface area (TPSA) is 50.3 Å². The van der Waals surface area contributed by atoms with Gasteiger partial charge < -0.3 is 10.1 Å². The molecule has 1 aliphatic heterocycles. The Morgan fingerprint density at radius 2 is 1.95 bits per heavy atom. The lowest BCUT2D eigenvalue weighted by Crippen LogP contribution is -2.37. The van der Waals surface area contributed by atoms with Gasteiger partial charge in [0.15, 0.2) is 0 Å². The monoisotopic (exact) mass is 320 g/mol. The van der Waals surface area contributed by atoms with Crippen molar-refractivity contribution in [3.8, 4) is 0 Å². The van der Waals surface area contributed by atoms with E-state index in [1.54, 1.807) is 11.3 Å². The van der Waals surface area contributed by atoms with Gasteiger partial charge in [-0.15, -0.1) is 11.3 Å². The van der Waals surface area contributed by atoms with Crippen LogP contribution in [0.3, 0.4) is 0 Å². The van der Waals surface area contributed by atoms with Crippen LogP contribution in [-0.4, -0.2) is 54.3 Å². The van der Waals surface area contributed by atoms with Crippen molar-refractivity contribution in [3.63, 3.8) is 0 Å². The molecule has 0 spiro atoms. The average Bonchev–Trinajstić information content (AvgIpc) is 2.79. The van der Waals surface area contributed by atoms with E-state index in [0.29, 0.717) is 0 Å². The highest BCUT2D eigenvalue weighted by Crippen LogP contribution is 2.33. The van der Waals surface area contributed by atoms with E-state index in [1.807, 2.05) is 6.92 Å². The molecule has 1 fully saturated rings. The lowest BCUT2D eigenvalue weighted by Gasteiger charge is -2.26. The predicted octanol–water partition coefficient (Wildman–Crippen LogP) is 2.75. The molecule has 1 saturated heterocycles. The maximum Gasteiger partial charge on any atom is 0.138 e. The van der Waals surface area contributed by atoms with Crippen molar-refractivity contribution >= 4 is 27.4 Å². The van der Waals surface area contributed by atoms with Crippen LogP contribution in [0, 0.1) is 20.8 Å². The van der Waals surface area contributed by atoms with E-state index in [1.165, 1.54) is 15.8 Å². The van der Waals surface area contributed by atoms with Crippen LogP contribution in [0.15, 0.2) is 0 Å². The number of thiophene rings is 1. The zero-order valence-corrected chi connectivity index (χ0v) is 14.4. The van der Waals surface area contributed by atoms with Gasteiger partial charge in [-0.2, -0.15) is 0 Å².